The molecular formula is C17H23F3N2O2S. The van der Waals surface area contributed by atoms with Gasteiger partial charge in [0.2, 0.25) is 5.91 Å². The summed E-state index contributed by atoms with van der Waals surface area (Å²) in [6.07, 6.45) is -2.49. The van der Waals surface area contributed by atoms with Crippen molar-refractivity contribution in [3.8, 4) is 0 Å². The quantitative estimate of drug-likeness (QED) is 0.829. The molecular weight excluding hydrogens is 353 g/mol. The number of hydrogen-bond donors (Lipinski definition) is 1. The van der Waals surface area contributed by atoms with E-state index in [2.05, 4.69) is 10.2 Å². The van der Waals surface area contributed by atoms with Gasteiger partial charge in [0.1, 0.15) is 0 Å². The lowest BCUT2D eigenvalue weighted by atomic mass is 10.0. The number of nitrogens with zero attached hydrogens (tertiary/aromatic N) is 1. The van der Waals surface area contributed by atoms with Crippen molar-refractivity contribution in [2.24, 2.45) is 0 Å². The lowest BCUT2D eigenvalue weighted by Crippen LogP contribution is -2.44. The topological polar surface area (TPSA) is 41.6 Å². The number of hydrogen-bond acceptors (Lipinski definition) is 4. The molecule has 0 unspecified atom stereocenters. The molecule has 0 aromatic heterocycles. The van der Waals surface area contributed by atoms with Gasteiger partial charge in [-0.1, -0.05) is 12.1 Å². The fourth-order valence-corrected chi connectivity index (χ4v) is 2.99. The van der Waals surface area contributed by atoms with Gasteiger partial charge < -0.3 is 10.1 Å². The van der Waals surface area contributed by atoms with Gasteiger partial charge in [0.05, 0.1) is 30.1 Å². The predicted molar refractivity (Wildman–Crippen MR) is 92.6 cm³/mol. The lowest BCUT2D eigenvalue weighted by Gasteiger charge is -2.35. The zero-order valence-electron chi connectivity index (χ0n) is 14.3. The molecule has 2 atom stereocenters. The number of amides is 1. The molecule has 0 spiro atoms. The number of benzene rings is 1. The standard InChI is InChI=1S/C17H23F3N2O2S/c1-12(25-2)16(23)21-11-15(22-7-9-24-10-8-22)13-3-5-14(6-4-13)17(18,19)20/h3-6,12,15H,7-11H2,1-2H3,(H,21,23)/t12-,15+/m0/s1. The number of carbonyl (C=O) groups excluding carboxylic acids is 1. The first-order valence-corrected chi connectivity index (χ1v) is 9.41. The second kappa shape index (κ2) is 8.91. The van der Waals surface area contributed by atoms with Crippen molar-refractivity contribution in [2.75, 3.05) is 39.1 Å². The van der Waals surface area contributed by atoms with E-state index in [4.69, 9.17) is 4.74 Å². The molecule has 8 heteroatoms. The van der Waals surface area contributed by atoms with Crippen LogP contribution < -0.4 is 5.32 Å². The minimum Gasteiger partial charge on any atom is -0.379 e. The van der Waals surface area contributed by atoms with Crippen molar-refractivity contribution in [1.82, 2.24) is 10.2 Å². The minimum atomic E-state index is -4.35. The molecule has 0 bridgehead atoms. The highest BCUT2D eigenvalue weighted by Gasteiger charge is 2.31. The molecule has 2 rings (SSSR count). The highest BCUT2D eigenvalue weighted by molar-refractivity contribution is 7.99. The summed E-state index contributed by atoms with van der Waals surface area (Å²) in [7, 11) is 0. The Morgan fingerprint density at radius 3 is 2.40 bits per heavy atom. The van der Waals surface area contributed by atoms with E-state index in [1.165, 1.54) is 23.9 Å². The third kappa shape index (κ3) is 5.62. The maximum absolute atomic E-state index is 12.8. The highest BCUT2D eigenvalue weighted by Crippen LogP contribution is 2.31. The summed E-state index contributed by atoms with van der Waals surface area (Å²) in [6, 6.07) is 4.99. The van der Waals surface area contributed by atoms with E-state index in [1.807, 2.05) is 13.2 Å². The van der Waals surface area contributed by atoms with Crippen molar-refractivity contribution in [3.63, 3.8) is 0 Å². The zero-order chi connectivity index (χ0) is 18.4. The van der Waals surface area contributed by atoms with Gasteiger partial charge in [-0.05, 0) is 30.9 Å². The van der Waals surface area contributed by atoms with Gasteiger partial charge in [0.25, 0.3) is 0 Å². The van der Waals surface area contributed by atoms with E-state index >= 15 is 0 Å². The number of morpholine rings is 1. The summed E-state index contributed by atoms with van der Waals surface area (Å²) in [5.41, 5.74) is 0.0871. The molecule has 4 nitrogen and oxygen atoms in total. The molecule has 1 amide bonds. The van der Waals surface area contributed by atoms with Gasteiger partial charge in [-0.3, -0.25) is 9.69 Å². The van der Waals surface area contributed by atoms with Crippen molar-refractivity contribution < 1.29 is 22.7 Å². The third-order valence-corrected chi connectivity index (χ3v) is 5.22. The Hall–Kier alpha value is -1.25. The molecule has 1 aromatic carbocycles. The summed E-state index contributed by atoms with van der Waals surface area (Å²) in [5.74, 6) is -0.0716. The molecule has 1 N–H and O–H groups in total. The summed E-state index contributed by atoms with van der Waals surface area (Å²) >= 11 is 1.45. The summed E-state index contributed by atoms with van der Waals surface area (Å²) < 4.78 is 43.7. The SMILES string of the molecule is CS[C@@H](C)C(=O)NC[C@H](c1ccc(C(F)(F)F)cc1)N1CCOCC1. The Balaban J connectivity index is 2.14. The molecule has 1 aromatic rings. The van der Waals surface area contributed by atoms with Crippen LogP contribution in [0.3, 0.4) is 0 Å². The summed E-state index contributed by atoms with van der Waals surface area (Å²) in [4.78, 5) is 14.2. The van der Waals surface area contributed by atoms with Crippen LogP contribution in [0.15, 0.2) is 24.3 Å². The largest absolute Gasteiger partial charge is 0.416 e. The Kier molecular flexibility index (Phi) is 7.15. The van der Waals surface area contributed by atoms with Crippen LogP contribution in [0.1, 0.15) is 24.1 Å². The van der Waals surface area contributed by atoms with Crippen LogP contribution in [-0.4, -0.2) is 55.2 Å². The van der Waals surface area contributed by atoms with Crippen molar-refractivity contribution >= 4 is 17.7 Å². The molecule has 0 aliphatic carbocycles. The van der Waals surface area contributed by atoms with E-state index in [1.54, 1.807) is 0 Å². The van der Waals surface area contributed by atoms with Gasteiger partial charge in [0, 0.05) is 19.6 Å². The normalized spacial score (nSPS) is 18.6. The molecule has 0 radical (unpaired) electrons. The second-order valence-corrected chi connectivity index (χ2v) is 7.09. The Labute approximate surface area is 150 Å². The first kappa shape index (κ1) is 20.1. The van der Waals surface area contributed by atoms with E-state index in [0.29, 0.717) is 32.8 Å². The molecule has 1 saturated heterocycles. The first-order valence-electron chi connectivity index (χ1n) is 8.12. The van der Waals surface area contributed by atoms with Crippen molar-refractivity contribution in [1.29, 1.82) is 0 Å². The average Bonchev–Trinajstić information content (AvgIpc) is 2.61. The van der Waals surface area contributed by atoms with Crippen LogP contribution in [0.2, 0.25) is 0 Å². The van der Waals surface area contributed by atoms with E-state index in [-0.39, 0.29) is 17.2 Å². The first-order chi connectivity index (χ1) is 11.8. The van der Waals surface area contributed by atoms with Gasteiger partial charge >= 0.3 is 6.18 Å². The maximum atomic E-state index is 12.8. The van der Waals surface area contributed by atoms with Gasteiger partial charge in [0.15, 0.2) is 0 Å². The van der Waals surface area contributed by atoms with Crippen LogP contribution in [0.25, 0.3) is 0 Å². The molecule has 25 heavy (non-hydrogen) atoms. The fraction of sp³-hybridized carbons (Fsp3) is 0.588. The predicted octanol–water partition coefficient (Wildman–Crippen LogP) is 2.95. The van der Waals surface area contributed by atoms with Crippen molar-refractivity contribution in [2.45, 2.75) is 24.4 Å². The van der Waals surface area contributed by atoms with Crippen LogP contribution in [0.4, 0.5) is 13.2 Å². The maximum Gasteiger partial charge on any atom is 0.416 e. The lowest BCUT2D eigenvalue weighted by molar-refractivity contribution is -0.137. The van der Waals surface area contributed by atoms with Crippen LogP contribution in [0, 0.1) is 0 Å². The Morgan fingerprint density at radius 1 is 1.28 bits per heavy atom. The fourth-order valence-electron chi connectivity index (χ4n) is 2.69. The number of ether oxygens (including phenoxy) is 1. The van der Waals surface area contributed by atoms with Crippen molar-refractivity contribution in [3.05, 3.63) is 35.4 Å². The van der Waals surface area contributed by atoms with E-state index in [9.17, 15) is 18.0 Å². The van der Waals surface area contributed by atoms with Crippen LogP contribution in [-0.2, 0) is 15.7 Å². The minimum absolute atomic E-state index is 0.0716. The monoisotopic (exact) mass is 376 g/mol. The van der Waals surface area contributed by atoms with Crippen LogP contribution in [0.5, 0.6) is 0 Å². The number of rotatable bonds is 6. The second-order valence-electron chi connectivity index (χ2n) is 5.91. The number of carbonyl (C=O) groups is 1. The molecule has 140 valence electrons. The number of nitrogens with one attached hydrogen (secondary N) is 1. The Bertz CT molecular complexity index is 560. The smallest absolute Gasteiger partial charge is 0.379 e. The van der Waals surface area contributed by atoms with Gasteiger partial charge in [-0.2, -0.15) is 24.9 Å². The molecule has 1 aliphatic heterocycles. The summed E-state index contributed by atoms with van der Waals surface area (Å²) in [5, 5.41) is 2.74. The average molecular weight is 376 g/mol. The molecule has 1 fully saturated rings. The third-order valence-electron chi connectivity index (χ3n) is 4.30. The van der Waals surface area contributed by atoms with Gasteiger partial charge in [-0.15, -0.1) is 0 Å². The number of thioether (sulfide) groups is 1. The number of halogens is 3. The summed E-state index contributed by atoms with van der Waals surface area (Å²) in [6.45, 7) is 4.69. The van der Waals surface area contributed by atoms with Gasteiger partial charge in [-0.25, -0.2) is 0 Å². The highest BCUT2D eigenvalue weighted by atomic mass is 32.2. The Morgan fingerprint density at radius 2 is 1.88 bits per heavy atom. The number of alkyl halides is 3. The molecule has 0 saturated carbocycles. The van der Waals surface area contributed by atoms with E-state index < -0.39 is 11.7 Å². The molecule has 1 heterocycles. The molecule has 1 aliphatic rings. The van der Waals surface area contributed by atoms with E-state index in [0.717, 1.165) is 17.7 Å². The zero-order valence-corrected chi connectivity index (χ0v) is 15.1. The van der Waals surface area contributed by atoms with Crippen LogP contribution >= 0.6 is 11.8 Å².